The third kappa shape index (κ3) is 12.1. The molecule has 0 heterocycles. The number of methoxy groups -OCH3 is 2. The molecule has 0 saturated carbocycles. The number of nitrogens with one attached hydrogen (secondary N) is 1. The second-order valence-corrected chi connectivity index (χ2v) is 11.8. The number of carbonyl (C=O) groups excluding carboxylic acids is 2. The van der Waals surface area contributed by atoms with Gasteiger partial charge in [-0.25, -0.2) is 9.59 Å². The maximum atomic E-state index is 14.2. The summed E-state index contributed by atoms with van der Waals surface area (Å²) >= 11 is 0. The van der Waals surface area contributed by atoms with Crippen LogP contribution < -0.4 is 14.8 Å². The smallest absolute Gasteiger partial charge is 0.408 e. The van der Waals surface area contributed by atoms with Crippen LogP contribution in [0.5, 0.6) is 11.5 Å². The lowest BCUT2D eigenvalue weighted by Crippen LogP contribution is -2.49. The van der Waals surface area contributed by atoms with Crippen LogP contribution in [0.25, 0.3) is 0 Å². The largest absolute Gasteiger partial charge is 0.497 e. The van der Waals surface area contributed by atoms with E-state index in [0.717, 1.165) is 16.7 Å². The van der Waals surface area contributed by atoms with Gasteiger partial charge < -0.3 is 34.4 Å². The van der Waals surface area contributed by atoms with E-state index >= 15 is 0 Å². The maximum absolute atomic E-state index is 14.2. The topological polar surface area (TPSA) is 118 Å². The van der Waals surface area contributed by atoms with E-state index in [9.17, 15) is 19.5 Å². The zero-order valence-electron chi connectivity index (χ0n) is 26.8. The van der Waals surface area contributed by atoms with Crippen molar-refractivity contribution in [2.24, 2.45) is 0 Å². The number of carboxylic acid groups (broad SMARTS) is 1. The third-order valence-electron chi connectivity index (χ3n) is 6.97. The average Bonchev–Trinajstić information content (AvgIpc) is 3.01. The number of carbonyl (C=O) groups is 3. The van der Waals surface area contributed by atoms with E-state index in [4.69, 9.17) is 14.2 Å². The Hall–Kier alpha value is -4.73. The van der Waals surface area contributed by atoms with Crippen molar-refractivity contribution in [1.29, 1.82) is 0 Å². The fraction of sp³-hybridized carbons (Fsp3) is 0.400. The standard InChI is InChI=1S/C35H45N3O7/c1-35(2,3)45-33(40)36-31(19-9-10-20-37(34(41)42)23-26-13-7-6-8-14-26)32(39)38(24-27-15-11-17-29(21-27)43-4)25-28-16-12-18-30(22-28)44-5/h6-8,11-18,21-22,31H,9-10,19-20,23-25H2,1-5H3,(H,36,40)(H,41,42)/t31-/m0/s1. The van der Waals surface area contributed by atoms with E-state index in [2.05, 4.69) is 5.32 Å². The van der Waals surface area contributed by atoms with Crippen molar-refractivity contribution in [3.05, 3.63) is 95.6 Å². The van der Waals surface area contributed by atoms with Crippen molar-refractivity contribution in [3.8, 4) is 11.5 Å². The summed E-state index contributed by atoms with van der Waals surface area (Å²) in [6.45, 7) is 6.36. The number of hydrogen-bond donors (Lipinski definition) is 2. The predicted molar refractivity (Wildman–Crippen MR) is 172 cm³/mol. The molecule has 3 aromatic carbocycles. The zero-order chi connectivity index (χ0) is 32.8. The van der Waals surface area contributed by atoms with Crippen LogP contribution in [0.4, 0.5) is 9.59 Å². The Balaban J connectivity index is 1.81. The summed E-state index contributed by atoms with van der Waals surface area (Å²) in [5.41, 5.74) is 1.86. The van der Waals surface area contributed by atoms with E-state index < -0.39 is 23.8 Å². The Labute approximate surface area is 265 Å². The van der Waals surface area contributed by atoms with Gasteiger partial charge in [-0.1, -0.05) is 54.6 Å². The molecule has 10 nitrogen and oxygen atoms in total. The zero-order valence-corrected chi connectivity index (χ0v) is 26.8. The van der Waals surface area contributed by atoms with Gasteiger partial charge in [0.05, 0.1) is 14.2 Å². The Kier molecular flexibility index (Phi) is 13.1. The number of rotatable bonds is 15. The first kappa shape index (κ1) is 34.8. The van der Waals surface area contributed by atoms with Crippen LogP contribution in [0.15, 0.2) is 78.9 Å². The molecule has 0 saturated heterocycles. The van der Waals surface area contributed by atoms with Crippen molar-refractivity contribution in [2.45, 2.75) is 71.3 Å². The maximum Gasteiger partial charge on any atom is 0.408 e. The number of ether oxygens (including phenoxy) is 3. The normalized spacial score (nSPS) is 11.7. The van der Waals surface area contributed by atoms with E-state index in [-0.39, 0.29) is 32.1 Å². The van der Waals surface area contributed by atoms with Crippen LogP contribution in [-0.2, 0) is 29.2 Å². The van der Waals surface area contributed by atoms with Crippen LogP contribution >= 0.6 is 0 Å². The molecular weight excluding hydrogens is 574 g/mol. The first-order valence-electron chi connectivity index (χ1n) is 15.0. The molecule has 242 valence electrons. The molecule has 0 aliphatic carbocycles. The van der Waals surface area contributed by atoms with E-state index in [1.807, 2.05) is 78.9 Å². The minimum atomic E-state index is -1.01. The van der Waals surface area contributed by atoms with Crippen LogP contribution in [0, 0.1) is 0 Å². The van der Waals surface area contributed by atoms with Gasteiger partial charge in [-0.2, -0.15) is 0 Å². The van der Waals surface area contributed by atoms with Gasteiger partial charge in [0.2, 0.25) is 5.91 Å². The van der Waals surface area contributed by atoms with Crippen molar-refractivity contribution < 1.29 is 33.7 Å². The highest BCUT2D eigenvalue weighted by Gasteiger charge is 2.28. The molecule has 3 rings (SSSR count). The van der Waals surface area contributed by atoms with Crippen LogP contribution in [0.2, 0.25) is 0 Å². The van der Waals surface area contributed by atoms with Gasteiger partial charge in [0.25, 0.3) is 0 Å². The lowest BCUT2D eigenvalue weighted by atomic mass is 10.1. The summed E-state index contributed by atoms with van der Waals surface area (Å²) < 4.78 is 16.3. The molecule has 3 aromatic rings. The van der Waals surface area contributed by atoms with Crippen molar-refractivity contribution >= 4 is 18.1 Å². The number of hydrogen-bond acceptors (Lipinski definition) is 6. The summed E-state index contributed by atoms with van der Waals surface area (Å²) in [6.07, 6.45) is -0.411. The molecule has 2 N–H and O–H groups in total. The second-order valence-electron chi connectivity index (χ2n) is 11.8. The molecule has 10 heteroatoms. The lowest BCUT2D eigenvalue weighted by Gasteiger charge is -2.29. The van der Waals surface area contributed by atoms with Gasteiger partial charge in [-0.15, -0.1) is 0 Å². The Morgan fingerprint density at radius 2 is 1.29 bits per heavy atom. The van der Waals surface area contributed by atoms with Crippen molar-refractivity contribution in [2.75, 3.05) is 20.8 Å². The highest BCUT2D eigenvalue weighted by molar-refractivity contribution is 5.85. The van der Waals surface area contributed by atoms with E-state index in [1.54, 1.807) is 39.9 Å². The van der Waals surface area contributed by atoms with Gasteiger partial charge in [0, 0.05) is 26.2 Å². The molecular formula is C35H45N3O7. The van der Waals surface area contributed by atoms with Gasteiger partial charge in [0.15, 0.2) is 0 Å². The molecule has 45 heavy (non-hydrogen) atoms. The number of nitrogens with zero attached hydrogens (tertiary/aromatic N) is 2. The molecule has 0 unspecified atom stereocenters. The van der Waals surface area contributed by atoms with Crippen LogP contribution in [-0.4, -0.2) is 65.4 Å². The fourth-order valence-corrected chi connectivity index (χ4v) is 4.82. The first-order valence-corrected chi connectivity index (χ1v) is 15.0. The van der Waals surface area contributed by atoms with Gasteiger partial charge in [0.1, 0.15) is 23.1 Å². The molecule has 0 fully saturated rings. The molecule has 0 radical (unpaired) electrons. The van der Waals surface area contributed by atoms with E-state index in [0.29, 0.717) is 30.8 Å². The first-order chi connectivity index (χ1) is 21.5. The molecule has 3 amide bonds. The Bertz CT molecular complexity index is 1340. The SMILES string of the molecule is COc1cccc(CN(Cc2cccc(OC)c2)C(=O)[C@H](CCCCN(Cc2ccccc2)C(=O)O)NC(=O)OC(C)(C)C)c1. The quantitative estimate of drug-likeness (QED) is 0.187. The lowest BCUT2D eigenvalue weighted by molar-refractivity contribution is -0.135. The molecule has 0 bridgehead atoms. The van der Waals surface area contributed by atoms with Gasteiger partial charge in [-0.3, -0.25) is 4.79 Å². The highest BCUT2D eigenvalue weighted by atomic mass is 16.6. The van der Waals surface area contributed by atoms with E-state index in [1.165, 1.54) is 4.90 Å². The minimum Gasteiger partial charge on any atom is -0.497 e. The summed E-state index contributed by atoms with van der Waals surface area (Å²) in [7, 11) is 3.18. The molecule has 0 spiro atoms. The second kappa shape index (κ2) is 16.9. The molecule has 0 aliphatic rings. The van der Waals surface area contributed by atoms with Crippen molar-refractivity contribution in [1.82, 2.24) is 15.1 Å². The van der Waals surface area contributed by atoms with Crippen LogP contribution in [0.3, 0.4) is 0 Å². The molecule has 0 aliphatic heterocycles. The number of benzene rings is 3. The molecule has 0 aromatic heterocycles. The number of alkyl carbamates (subject to hydrolysis) is 1. The summed E-state index contributed by atoms with van der Waals surface area (Å²) in [5.74, 6) is 1.05. The average molecular weight is 620 g/mol. The monoisotopic (exact) mass is 619 g/mol. The predicted octanol–water partition coefficient (Wildman–Crippen LogP) is 6.48. The Morgan fingerprint density at radius 1 is 0.756 bits per heavy atom. The number of unbranched alkanes of at least 4 members (excludes halogenated alkanes) is 1. The van der Waals surface area contributed by atoms with Crippen LogP contribution in [0.1, 0.15) is 56.7 Å². The summed E-state index contributed by atoms with van der Waals surface area (Å²) in [6, 6.07) is 23.5. The number of amides is 3. The Morgan fingerprint density at radius 3 is 1.80 bits per heavy atom. The molecule has 1 atom stereocenters. The summed E-state index contributed by atoms with van der Waals surface area (Å²) in [4.78, 5) is 42.1. The van der Waals surface area contributed by atoms with Gasteiger partial charge >= 0.3 is 12.2 Å². The van der Waals surface area contributed by atoms with Gasteiger partial charge in [-0.05, 0) is 81.0 Å². The minimum absolute atomic E-state index is 0.267. The van der Waals surface area contributed by atoms with Crippen molar-refractivity contribution in [3.63, 3.8) is 0 Å². The summed E-state index contributed by atoms with van der Waals surface area (Å²) in [5, 5.41) is 12.5. The fourth-order valence-electron chi connectivity index (χ4n) is 4.82. The highest BCUT2D eigenvalue weighted by Crippen LogP contribution is 2.20. The third-order valence-corrected chi connectivity index (χ3v) is 6.97.